The minimum Gasteiger partial charge on any atom is -0.325 e. The van der Waals surface area contributed by atoms with Crippen LogP contribution >= 0.6 is 35.0 Å². The molecule has 8 heteroatoms. The topological polar surface area (TPSA) is 59.8 Å². The number of amides is 1. The molecule has 0 fully saturated rings. The zero-order valence-corrected chi connectivity index (χ0v) is 15.6. The molecule has 0 saturated heterocycles. The first-order valence-corrected chi connectivity index (χ1v) is 9.12. The number of nitrogens with one attached hydrogen (secondary N) is 1. The van der Waals surface area contributed by atoms with Crippen molar-refractivity contribution in [3.05, 3.63) is 64.4 Å². The highest BCUT2D eigenvalue weighted by Crippen LogP contribution is 2.24. The standard InChI is InChI=1S/C17H14Cl2N4OS/c1-11-2-7-14(8-15(11)19)23-10-20-22-17(23)25-9-16(24)21-13-5-3-12(18)4-6-13/h2-8,10H,9H2,1H3,(H,21,24). The van der Waals surface area contributed by atoms with Crippen LogP contribution in [-0.2, 0) is 4.79 Å². The highest BCUT2D eigenvalue weighted by Gasteiger charge is 2.11. The number of carbonyl (C=O) groups is 1. The highest BCUT2D eigenvalue weighted by atomic mass is 35.5. The molecular weight excluding hydrogens is 379 g/mol. The number of rotatable bonds is 5. The maximum absolute atomic E-state index is 12.1. The van der Waals surface area contributed by atoms with E-state index in [-0.39, 0.29) is 11.7 Å². The van der Waals surface area contributed by atoms with Crippen LogP contribution in [0.5, 0.6) is 0 Å². The molecule has 2 aromatic carbocycles. The Bertz CT molecular complexity index is 896. The van der Waals surface area contributed by atoms with Crippen LogP contribution in [-0.4, -0.2) is 26.4 Å². The Morgan fingerprint density at radius 2 is 1.96 bits per heavy atom. The van der Waals surface area contributed by atoms with Crippen LogP contribution in [0.3, 0.4) is 0 Å². The lowest BCUT2D eigenvalue weighted by atomic mass is 10.2. The maximum atomic E-state index is 12.1. The second-order valence-corrected chi connectivity index (χ2v) is 7.05. The van der Waals surface area contributed by atoms with Crippen LogP contribution in [0.2, 0.25) is 10.0 Å². The predicted octanol–water partition coefficient (Wildman–Crippen LogP) is 4.61. The van der Waals surface area contributed by atoms with E-state index < -0.39 is 0 Å². The number of thioether (sulfide) groups is 1. The van der Waals surface area contributed by atoms with Gasteiger partial charge in [0, 0.05) is 15.7 Å². The summed E-state index contributed by atoms with van der Waals surface area (Å²) in [7, 11) is 0. The predicted molar refractivity (Wildman–Crippen MR) is 102 cm³/mol. The Labute approximate surface area is 159 Å². The Morgan fingerprint density at radius 3 is 2.68 bits per heavy atom. The quantitative estimate of drug-likeness (QED) is 0.643. The molecule has 3 aromatic rings. The first-order valence-electron chi connectivity index (χ1n) is 7.38. The summed E-state index contributed by atoms with van der Waals surface area (Å²) in [6.07, 6.45) is 1.60. The van der Waals surface area contributed by atoms with Crippen LogP contribution in [0, 0.1) is 6.92 Å². The van der Waals surface area contributed by atoms with Crippen LogP contribution in [0.4, 0.5) is 5.69 Å². The number of nitrogens with zero attached hydrogens (tertiary/aromatic N) is 3. The van der Waals surface area contributed by atoms with Gasteiger partial charge in [-0.1, -0.05) is 41.0 Å². The van der Waals surface area contributed by atoms with Crippen molar-refractivity contribution in [2.24, 2.45) is 0 Å². The fourth-order valence-electron chi connectivity index (χ4n) is 2.09. The van der Waals surface area contributed by atoms with Crippen LogP contribution in [0.25, 0.3) is 5.69 Å². The zero-order chi connectivity index (χ0) is 17.8. The molecule has 0 spiro atoms. The van der Waals surface area contributed by atoms with Crippen molar-refractivity contribution in [3.8, 4) is 5.69 Å². The molecule has 1 amide bonds. The number of halogens is 2. The second kappa shape index (κ2) is 7.91. The Hall–Kier alpha value is -2.02. The van der Waals surface area contributed by atoms with E-state index in [1.165, 1.54) is 11.8 Å². The van der Waals surface area contributed by atoms with Crippen molar-refractivity contribution in [1.29, 1.82) is 0 Å². The third-order valence-corrected chi connectivity index (χ3v) is 5.01. The molecule has 5 nitrogen and oxygen atoms in total. The summed E-state index contributed by atoms with van der Waals surface area (Å²) in [5, 5.41) is 12.7. The first kappa shape index (κ1) is 17.8. The van der Waals surface area contributed by atoms with Gasteiger partial charge in [-0.3, -0.25) is 9.36 Å². The van der Waals surface area contributed by atoms with Crippen molar-refractivity contribution < 1.29 is 4.79 Å². The number of benzene rings is 2. The van der Waals surface area contributed by atoms with Crippen LogP contribution in [0.15, 0.2) is 53.9 Å². The largest absolute Gasteiger partial charge is 0.325 e. The van der Waals surface area contributed by atoms with Gasteiger partial charge >= 0.3 is 0 Å². The SMILES string of the molecule is Cc1ccc(-n2cnnc2SCC(=O)Nc2ccc(Cl)cc2)cc1Cl. The van der Waals surface area contributed by atoms with E-state index in [0.717, 1.165) is 11.3 Å². The van der Waals surface area contributed by atoms with Crippen molar-refractivity contribution in [2.75, 3.05) is 11.1 Å². The molecule has 0 aliphatic rings. The van der Waals surface area contributed by atoms with Gasteiger partial charge in [-0.15, -0.1) is 10.2 Å². The minimum atomic E-state index is -0.135. The van der Waals surface area contributed by atoms with Crippen molar-refractivity contribution in [1.82, 2.24) is 14.8 Å². The Morgan fingerprint density at radius 1 is 1.20 bits per heavy atom. The maximum Gasteiger partial charge on any atom is 0.234 e. The molecule has 1 N–H and O–H groups in total. The van der Waals surface area contributed by atoms with Crippen molar-refractivity contribution >= 4 is 46.6 Å². The molecule has 1 heterocycles. The van der Waals surface area contributed by atoms with Gasteiger partial charge in [0.25, 0.3) is 0 Å². The third-order valence-electron chi connectivity index (χ3n) is 3.41. The van der Waals surface area contributed by atoms with E-state index in [2.05, 4.69) is 15.5 Å². The van der Waals surface area contributed by atoms with Gasteiger partial charge in [0.1, 0.15) is 6.33 Å². The normalized spacial score (nSPS) is 10.7. The second-order valence-electron chi connectivity index (χ2n) is 5.26. The van der Waals surface area contributed by atoms with Gasteiger partial charge in [0.15, 0.2) is 5.16 Å². The van der Waals surface area contributed by atoms with Crippen LogP contribution < -0.4 is 5.32 Å². The monoisotopic (exact) mass is 392 g/mol. The Kier molecular flexibility index (Phi) is 5.63. The van der Waals surface area contributed by atoms with E-state index in [1.54, 1.807) is 35.2 Å². The zero-order valence-electron chi connectivity index (χ0n) is 13.2. The number of aryl methyl sites for hydroxylation is 1. The summed E-state index contributed by atoms with van der Waals surface area (Å²) in [4.78, 5) is 12.1. The average molecular weight is 393 g/mol. The lowest BCUT2D eigenvalue weighted by Crippen LogP contribution is -2.14. The van der Waals surface area contributed by atoms with Gasteiger partial charge in [0.2, 0.25) is 5.91 Å². The molecule has 0 saturated carbocycles. The van der Waals surface area contributed by atoms with E-state index in [4.69, 9.17) is 23.2 Å². The van der Waals surface area contributed by atoms with Gasteiger partial charge in [-0.25, -0.2) is 0 Å². The smallest absolute Gasteiger partial charge is 0.234 e. The first-order chi connectivity index (χ1) is 12.0. The summed E-state index contributed by atoms with van der Waals surface area (Å²) < 4.78 is 1.80. The number of hydrogen-bond acceptors (Lipinski definition) is 4. The number of hydrogen-bond donors (Lipinski definition) is 1. The fourth-order valence-corrected chi connectivity index (χ4v) is 3.12. The molecule has 0 bridgehead atoms. The molecule has 0 unspecified atom stereocenters. The summed E-state index contributed by atoms with van der Waals surface area (Å²) in [6, 6.07) is 12.7. The van der Waals surface area contributed by atoms with Crippen molar-refractivity contribution in [3.63, 3.8) is 0 Å². The van der Waals surface area contributed by atoms with Crippen LogP contribution in [0.1, 0.15) is 5.56 Å². The van der Waals surface area contributed by atoms with E-state index in [9.17, 15) is 4.79 Å². The van der Waals surface area contributed by atoms with Crippen molar-refractivity contribution in [2.45, 2.75) is 12.1 Å². The van der Waals surface area contributed by atoms with E-state index in [1.807, 2.05) is 25.1 Å². The highest BCUT2D eigenvalue weighted by molar-refractivity contribution is 7.99. The Balaban J connectivity index is 1.66. The molecule has 3 rings (SSSR count). The van der Waals surface area contributed by atoms with E-state index in [0.29, 0.717) is 20.9 Å². The minimum absolute atomic E-state index is 0.135. The van der Waals surface area contributed by atoms with E-state index >= 15 is 0 Å². The number of carbonyl (C=O) groups excluding carboxylic acids is 1. The van der Waals surface area contributed by atoms with Gasteiger partial charge in [-0.05, 0) is 48.9 Å². The molecule has 1 aromatic heterocycles. The molecule has 0 aliphatic carbocycles. The van der Waals surface area contributed by atoms with Gasteiger partial charge in [0.05, 0.1) is 11.4 Å². The average Bonchev–Trinajstić information content (AvgIpc) is 3.06. The lowest BCUT2D eigenvalue weighted by molar-refractivity contribution is -0.113. The summed E-state index contributed by atoms with van der Waals surface area (Å²) in [5.41, 5.74) is 2.54. The lowest BCUT2D eigenvalue weighted by Gasteiger charge is -2.08. The summed E-state index contributed by atoms with van der Waals surface area (Å²) in [5.74, 6) is 0.0739. The molecule has 0 atom stereocenters. The van der Waals surface area contributed by atoms with Gasteiger partial charge < -0.3 is 5.32 Å². The van der Waals surface area contributed by atoms with Gasteiger partial charge in [-0.2, -0.15) is 0 Å². The molecule has 0 radical (unpaired) electrons. The molecule has 25 heavy (non-hydrogen) atoms. The summed E-state index contributed by atoms with van der Waals surface area (Å²) >= 11 is 13.3. The molecule has 128 valence electrons. The molecular formula is C17H14Cl2N4OS. The number of aromatic nitrogens is 3. The molecule has 0 aliphatic heterocycles. The summed E-state index contributed by atoms with van der Waals surface area (Å²) in [6.45, 7) is 1.94. The third kappa shape index (κ3) is 4.54. The fraction of sp³-hybridized carbons (Fsp3) is 0.118. The number of anilines is 1.